The molecule has 4 rings (SSSR count). The highest BCUT2D eigenvalue weighted by molar-refractivity contribution is 7.89. The number of anilines is 1. The lowest BCUT2D eigenvalue weighted by molar-refractivity contribution is -0.131. The Hall–Kier alpha value is -2.88. The van der Waals surface area contributed by atoms with Gasteiger partial charge in [0.25, 0.3) is 0 Å². The molecule has 10 heteroatoms. The number of hydrogen-bond acceptors (Lipinski definition) is 5. The third kappa shape index (κ3) is 5.12. The number of nitrogens with one attached hydrogen (secondary N) is 2. The molecule has 1 amide bonds. The molecule has 1 aliphatic rings. The molecule has 168 valence electrons. The van der Waals surface area contributed by atoms with Crippen LogP contribution in [0.3, 0.4) is 0 Å². The van der Waals surface area contributed by atoms with Crippen LogP contribution in [0, 0.1) is 0 Å². The number of halogens is 1. The maximum absolute atomic E-state index is 12.6. The second-order valence-electron chi connectivity index (χ2n) is 7.56. The van der Waals surface area contributed by atoms with E-state index in [1.165, 1.54) is 18.2 Å². The van der Waals surface area contributed by atoms with E-state index in [2.05, 4.69) is 14.6 Å². The Balaban J connectivity index is 1.29. The smallest absolute Gasteiger partial charge is 0.248 e. The van der Waals surface area contributed by atoms with Gasteiger partial charge in [0, 0.05) is 61.4 Å². The van der Waals surface area contributed by atoms with Crippen LogP contribution in [0.5, 0.6) is 0 Å². The molecule has 0 aliphatic carbocycles. The van der Waals surface area contributed by atoms with Gasteiger partial charge in [-0.3, -0.25) is 9.59 Å². The van der Waals surface area contributed by atoms with Crippen molar-refractivity contribution in [3.8, 4) is 0 Å². The lowest BCUT2D eigenvalue weighted by atomic mass is 10.2. The van der Waals surface area contributed by atoms with Gasteiger partial charge in [0.05, 0.1) is 4.90 Å². The number of carbonyl (C=O) groups excluding carboxylic acids is 1. The van der Waals surface area contributed by atoms with Gasteiger partial charge >= 0.3 is 0 Å². The predicted molar refractivity (Wildman–Crippen MR) is 125 cm³/mol. The highest BCUT2D eigenvalue weighted by Gasteiger charge is 2.22. The number of nitrogens with zero attached hydrogens (tertiary/aromatic N) is 2. The minimum absolute atomic E-state index is 0.0161. The molecule has 8 nitrogen and oxygen atoms in total. The van der Waals surface area contributed by atoms with Crippen LogP contribution in [0.15, 0.2) is 64.3 Å². The Morgan fingerprint density at radius 3 is 2.44 bits per heavy atom. The summed E-state index contributed by atoms with van der Waals surface area (Å²) in [5, 5.41) is 1.30. The van der Waals surface area contributed by atoms with Gasteiger partial charge in [0.15, 0.2) is 0 Å². The molecule has 2 heterocycles. The van der Waals surface area contributed by atoms with Crippen molar-refractivity contribution in [1.29, 1.82) is 0 Å². The molecule has 0 spiro atoms. The van der Waals surface area contributed by atoms with E-state index < -0.39 is 10.0 Å². The van der Waals surface area contributed by atoms with Crippen molar-refractivity contribution in [3.63, 3.8) is 0 Å². The first-order chi connectivity index (χ1) is 15.3. The maximum Gasteiger partial charge on any atom is 0.248 e. The summed E-state index contributed by atoms with van der Waals surface area (Å²) >= 11 is 5.93. The summed E-state index contributed by atoms with van der Waals surface area (Å²) < 4.78 is 27.7. The second kappa shape index (κ2) is 9.32. The highest BCUT2D eigenvalue weighted by atomic mass is 35.5. The van der Waals surface area contributed by atoms with E-state index >= 15 is 0 Å². The van der Waals surface area contributed by atoms with E-state index in [0.29, 0.717) is 42.1 Å². The molecule has 3 aromatic rings. The molecule has 1 aliphatic heterocycles. The number of rotatable bonds is 6. The standard InChI is InChI=1S/C22H23ClN4O4S/c23-17-2-4-18(5-3-17)26-11-13-27(14-12-26)22(29)9-10-24-32(30,31)19-6-7-20-16(15-19)1-8-21(28)25-20/h1-8,15,24H,9-14H2,(H,25,28). The molecule has 1 fully saturated rings. The molecule has 2 N–H and O–H groups in total. The number of piperazine rings is 1. The summed E-state index contributed by atoms with van der Waals surface area (Å²) in [5.74, 6) is -0.0838. The van der Waals surface area contributed by atoms with Crippen LogP contribution in [0.1, 0.15) is 6.42 Å². The normalized spacial score (nSPS) is 14.7. The number of pyridine rings is 1. The van der Waals surface area contributed by atoms with Crippen molar-refractivity contribution in [3.05, 3.63) is 70.0 Å². The van der Waals surface area contributed by atoms with Gasteiger partial charge < -0.3 is 14.8 Å². The first kappa shape index (κ1) is 22.3. The number of H-pyrrole nitrogens is 1. The zero-order valence-corrected chi connectivity index (χ0v) is 18.8. The molecule has 2 aromatic carbocycles. The topological polar surface area (TPSA) is 103 Å². The number of carbonyl (C=O) groups is 1. The number of amides is 1. The fourth-order valence-corrected chi connectivity index (χ4v) is 4.89. The fourth-order valence-electron chi connectivity index (χ4n) is 3.70. The highest BCUT2D eigenvalue weighted by Crippen LogP contribution is 2.20. The van der Waals surface area contributed by atoms with Gasteiger partial charge in [-0.25, -0.2) is 13.1 Å². The Labute approximate surface area is 190 Å². The largest absolute Gasteiger partial charge is 0.368 e. The van der Waals surface area contributed by atoms with Gasteiger partial charge in [0.1, 0.15) is 0 Å². The molecule has 0 atom stereocenters. The van der Waals surface area contributed by atoms with Gasteiger partial charge in [-0.05, 0) is 53.9 Å². The first-order valence-corrected chi connectivity index (χ1v) is 12.1. The van der Waals surface area contributed by atoms with E-state index in [1.54, 1.807) is 17.0 Å². The molecule has 0 unspecified atom stereocenters. The third-order valence-electron chi connectivity index (χ3n) is 5.46. The van der Waals surface area contributed by atoms with Crippen molar-refractivity contribution in [1.82, 2.24) is 14.6 Å². The van der Waals surface area contributed by atoms with E-state index in [9.17, 15) is 18.0 Å². The number of aromatic nitrogens is 1. The summed E-state index contributed by atoms with van der Waals surface area (Å²) in [7, 11) is -3.77. The Morgan fingerprint density at radius 2 is 1.72 bits per heavy atom. The van der Waals surface area contributed by atoms with Crippen LogP contribution in [0.25, 0.3) is 10.9 Å². The number of benzene rings is 2. The van der Waals surface area contributed by atoms with E-state index in [4.69, 9.17) is 11.6 Å². The molecule has 32 heavy (non-hydrogen) atoms. The minimum atomic E-state index is -3.77. The molecular formula is C22H23ClN4O4S. The zero-order chi connectivity index (χ0) is 22.7. The number of aromatic amines is 1. The Morgan fingerprint density at radius 1 is 1.00 bits per heavy atom. The predicted octanol–water partition coefficient (Wildman–Crippen LogP) is 2.20. The molecular weight excluding hydrogens is 452 g/mol. The summed E-state index contributed by atoms with van der Waals surface area (Å²) in [6, 6.07) is 15.0. The number of fused-ring (bicyclic) bond motifs is 1. The SMILES string of the molecule is O=C(CCNS(=O)(=O)c1ccc2[nH]c(=O)ccc2c1)N1CCN(c2ccc(Cl)cc2)CC1. The molecule has 1 saturated heterocycles. The Bertz CT molecular complexity index is 1280. The molecule has 0 saturated carbocycles. The average Bonchev–Trinajstić information content (AvgIpc) is 2.79. The van der Waals surface area contributed by atoms with Crippen LogP contribution >= 0.6 is 11.6 Å². The number of hydrogen-bond donors (Lipinski definition) is 2. The summed E-state index contributed by atoms with van der Waals surface area (Å²) in [6.45, 7) is 2.59. The van der Waals surface area contributed by atoms with Crippen LogP contribution in [-0.2, 0) is 14.8 Å². The minimum Gasteiger partial charge on any atom is -0.368 e. The van der Waals surface area contributed by atoms with Gasteiger partial charge in [-0.2, -0.15) is 0 Å². The van der Waals surface area contributed by atoms with E-state index in [1.807, 2.05) is 24.3 Å². The van der Waals surface area contributed by atoms with Crippen LogP contribution < -0.4 is 15.2 Å². The van der Waals surface area contributed by atoms with E-state index in [-0.39, 0.29) is 29.3 Å². The fraction of sp³-hybridized carbons (Fsp3) is 0.273. The van der Waals surface area contributed by atoms with Crippen molar-refractivity contribution in [2.24, 2.45) is 0 Å². The van der Waals surface area contributed by atoms with Crippen molar-refractivity contribution >= 4 is 44.1 Å². The summed E-state index contributed by atoms with van der Waals surface area (Å²) in [4.78, 5) is 30.6. The van der Waals surface area contributed by atoms with E-state index in [0.717, 1.165) is 5.69 Å². The van der Waals surface area contributed by atoms with Crippen molar-refractivity contribution in [2.45, 2.75) is 11.3 Å². The van der Waals surface area contributed by atoms with Crippen LogP contribution in [-0.4, -0.2) is 56.9 Å². The maximum atomic E-state index is 12.6. The molecule has 0 radical (unpaired) electrons. The molecule has 0 bridgehead atoms. The van der Waals surface area contributed by atoms with Crippen molar-refractivity contribution in [2.75, 3.05) is 37.6 Å². The van der Waals surface area contributed by atoms with Crippen molar-refractivity contribution < 1.29 is 13.2 Å². The third-order valence-corrected chi connectivity index (χ3v) is 7.17. The lowest BCUT2D eigenvalue weighted by Gasteiger charge is -2.36. The lowest BCUT2D eigenvalue weighted by Crippen LogP contribution is -2.49. The summed E-state index contributed by atoms with van der Waals surface area (Å²) in [5.41, 5.74) is 1.37. The van der Waals surface area contributed by atoms with Crippen LogP contribution in [0.4, 0.5) is 5.69 Å². The summed E-state index contributed by atoms with van der Waals surface area (Å²) in [6.07, 6.45) is 0.0844. The second-order valence-corrected chi connectivity index (χ2v) is 9.77. The average molecular weight is 475 g/mol. The van der Waals surface area contributed by atoms with Gasteiger partial charge in [-0.1, -0.05) is 11.6 Å². The monoisotopic (exact) mass is 474 g/mol. The first-order valence-electron chi connectivity index (χ1n) is 10.2. The number of sulfonamides is 1. The molecule has 1 aromatic heterocycles. The Kier molecular flexibility index (Phi) is 6.50. The zero-order valence-electron chi connectivity index (χ0n) is 17.3. The van der Waals surface area contributed by atoms with Gasteiger partial charge in [-0.15, -0.1) is 0 Å². The quantitative estimate of drug-likeness (QED) is 0.570. The van der Waals surface area contributed by atoms with Gasteiger partial charge in [0.2, 0.25) is 21.5 Å². The van der Waals surface area contributed by atoms with Crippen LogP contribution in [0.2, 0.25) is 5.02 Å².